The molecular weight excluding hydrogens is 340 g/mol. The van der Waals surface area contributed by atoms with Crippen LogP contribution in [0.3, 0.4) is 0 Å². The van der Waals surface area contributed by atoms with Gasteiger partial charge < -0.3 is 14.0 Å². The Morgan fingerprint density at radius 1 is 1.16 bits per heavy atom. The molecular formula is C19H17ClN2O3. The maximum Gasteiger partial charge on any atom is 0.264 e. The molecule has 3 rings (SSSR count). The SMILES string of the molecule is C/C=C/c1ccc(OCc2nc(-c3cccc(Cl)c3)no2)c(OC)c1. The molecule has 0 fully saturated rings. The molecule has 0 aliphatic rings. The Morgan fingerprint density at radius 2 is 2.04 bits per heavy atom. The van der Waals surface area contributed by atoms with Crippen molar-refractivity contribution in [3.05, 3.63) is 65.0 Å². The number of nitrogens with zero attached hydrogens (tertiary/aromatic N) is 2. The smallest absolute Gasteiger partial charge is 0.264 e. The van der Waals surface area contributed by atoms with Crippen molar-refractivity contribution < 1.29 is 14.0 Å². The van der Waals surface area contributed by atoms with Crippen molar-refractivity contribution in [2.24, 2.45) is 0 Å². The second-order valence-electron chi connectivity index (χ2n) is 5.22. The highest BCUT2D eigenvalue weighted by Crippen LogP contribution is 2.29. The van der Waals surface area contributed by atoms with Gasteiger partial charge in [0.1, 0.15) is 0 Å². The monoisotopic (exact) mass is 356 g/mol. The third kappa shape index (κ3) is 4.19. The van der Waals surface area contributed by atoms with Crippen LogP contribution < -0.4 is 9.47 Å². The van der Waals surface area contributed by atoms with E-state index in [4.69, 9.17) is 25.6 Å². The number of hydrogen-bond acceptors (Lipinski definition) is 5. The zero-order valence-corrected chi connectivity index (χ0v) is 14.7. The van der Waals surface area contributed by atoms with Gasteiger partial charge >= 0.3 is 0 Å². The predicted molar refractivity (Wildman–Crippen MR) is 96.8 cm³/mol. The van der Waals surface area contributed by atoms with Crippen LogP contribution in [0.1, 0.15) is 18.4 Å². The molecule has 0 aliphatic heterocycles. The van der Waals surface area contributed by atoms with E-state index in [1.54, 1.807) is 19.2 Å². The van der Waals surface area contributed by atoms with Crippen LogP contribution in [0.2, 0.25) is 5.02 Å². The van der Waals surface area contributed by atoms with Gasteiger partial charge in [0.15, 0.2) is 18.1 Å². The Kier molecular flexibility index (Phi) is 5.36. The highest BCUT2D eigenvalue weighted by atomic mass is 35.5. The molecule has 3 aromatic rings. The summed E-state index contributed by atoms with van der Waals surface area (Å²) in [7, 11) is 1.60. The van der Waals surface area contributed by atoms with Crippen LogP contribution in [0.5, 0.6) is 11.5 Å². The zero-order valence-electron chi connectivity index (χ0n) is 13.9. The number of ether oxygens (including phenoxy) is 2. The fourth-order valence-corrected chi connectivity index (χ4v) is 2.49. The van der Waals surface area contributed by atoms with Gasteiger partial charge in [-0.3, -0.25) is 0 Å². The number of benzene rings is 2. The number of halogens is 1. The molecule has 0 saturated heterocycles. The summed E-state index contributed by atoms with van der Waals surface area (Å²) in [6, 6.07) is 13.0. The predicted octanol–water partition coefficient (Wildman–Crippen LogP) is 5.01. The van der Waals surface area contributed by atoms with Crippen LogP contribution in [-0.4, -0.2) is 17.3 Å². The minimum atomic E-state index is 0.146. The van der Waals surface area contributed by atoms with Gasteiger partial charge in [0.25, 0.3) is 5.89 Å². The van der Waals surface area contributed by atoms with Crippen LogP contribution >= 0.6 is 11.6 Å². The van der Waals surface area contributed by atoms with Gasteiger partial charge in [-0.25, -0.2) is 0 Å². The molecule has 128 valence electrons. The van der Waals surface area contributed by atoms with E-state index in [0.29, 0.717) is 28.2 Å². The minimum absolute atomic E-state index is 0.146. The van der Waals surface area contributed by atoms with E-state index in [-0.39, 0.29) is 6.61 Å². The fraction of sp³-hybridized carbons (Fsp3) is 0.158. The summed E-state index contributed by atoms with van der Waals surface area (Å²) < 4.78 is 16.4. The molecule has 0 aliphatic carbocycles. The Hall–Kier alpha value is -2.79. The quantitative estimate of drug-likeness (QED) is 0.621. The molecule has 0 N–H and O–H groups in total. The number of rotatable bonds is 6. The van der Waals surface area contributed by atoms with E-state index in [9.17, 15) is 0 Å². The standard InChI is InChI=1S/C19H17ClN2O3/c1-3-5-13-8-9-16(17(10-13)23-2)24-12-18-21-19(22-25-18)14-6-4-7-15(20)11-14/h3-11H,12H2,1-2H3/b5-3+. The molecule has 5 nitrogen and oxygen atoms in total. The van der Waals surface area contributed by atoms with E-state index in [1.807, 2.05) is 49.4 Å². The molecule has 0 bridgehead atoms. The van der Waals surface area contributed by atoms with Gasteiger partial charge in [0, 0.05) is 10.6 Å². The molecule has 0 radical (unpaired) electrons. The molecule has 6 heteroatoms. The van der Waals surface area contributed by atoms with Gasteiger partial charge in [-0.2, -0.15) is 4.98 Å². The first-order chi connectivity index (χ1) is 12.2. The molecule has 0 saturated carbocycles. The number of aromatic nitrogens is 2. The molecule has 25 heavy (non-hydrogen) atoms. The molecule has 1 aromatic heterocycles. The van der Waals surface area contributed by atoms with Crippen LogP contribution in [0.4, 0.5) is 0 Å². The van der Waals surface area contributed by atoms with Crippen molar-refractivity contribution in [3.8, 4) is 22.9 Å². The lowest BCUT2D eigenvalue weighted by molar-refractivity contribution is 0.233. The van der Waals surface area contributed by atoms with Crippen molar-refractivity contribution in [1.29, 1.82) is 0 Å². The summed E-state index contributed by atoms with van der Waals surface area (Å²) in [6.45, 7) is 2.11. The lowest BCUT2D eigenvalue weighted by Crippen LogP contribution is -1.98. The van der Waals surface area contributed by atoms with Gasteiger partial charge in [-0.1, -0.05) is 47.1 Å². The summed E-state index contributed by atoms with van der Waals surface area (Å²) >= 11 is 5.98. The zero-order chi connectivity index (χ0) is 17.6. The van der Waals surface area contributed by atoms with E-state index in [0.717, 1.165) is 11.1 Å². The maximum atomic E-state index is 5.98. The number of hydrogen-bond donors (Lipinski definition) is 0. The van der Waals surface area contributed by atoms with Crippen molar-refractivity contribution in [2.45, 2.75) is 13.5 Å². The Bertz CT molecular complexity index is 890. The topological polar surface area (TPSA) is 57.4 Å². The van der Waals surface area contributed by atoms with Crippen molar-refractivity contribution >= 4 is 17.7 Å². The number of allylic oxidation sites excluding steroid dienone is 1. The Balaban J connectivity index is 1.72. The summed E-state index contributed by atoms with van der Waals surface area (Å²) in [4.78, 5) is 4.33. The molecule has 0 unspecified atom stereocenters. The summed E-state index contributed by atoms with van der Waals surface area (Å²) in [6.07, 6.45) is 3.95. The molecule has 0 spiro atoms. The van der Waals surface area contributed by atoms with Crippen LogP contribution in [-0.2, 0) is 6.61 Å². The Labute approximate surface area is 150 Å². The van der Waals surface area contributed by atoms with Crippen LogP contribution in [0, 0.1) is 0 Å². The minimum Gasteiger partial charge on any atom is -0.493 e. The third-order valence-electron chi connectivity index (χ3n) is 3.45. The number of methoxy groups -OCH3 is 1. The largest absolute Gasteiger partial charge is 0.493 e. The van der Waals surface area contributed by atoms with Gasteiger partial charge in [0.2, 0.25) is 5.82 Å². The van der Waals surface area contributed by atoms with Crippen LogP contribution in [0.15, 0.2) is 53.1 Å². The third-order valence-corrected chi connectivity index (χ3v) is 3.68. The van der Waals surface area contributed by atoms with E-state index < -0.39 is 0 Å². The highest BCUT2D eigenvalue weighted by Gasteiger charge is 2.11. The van der Waals surface area contributed by atoms with Gasteiger partial charge in [-0.05, 0) is 36.8 Å². The maximum absolute atomic E-state index is 5.98. The highest BCUT2D eigenvalue weighted by molar-refractivity contribution is 6.30. The Morgan fingerprint density at radius 3 is 2.80 bits per heavy atom. The molecule has 1 heterocycles. The van der Waals surface area contributed by atoms with Gasteiger partial charge in [-0.15, -0.1) is 0 Å². The normalized spacial score (nSPS) is 11.0. The summed E-state index contributed by atoms with van der Waals surface area (Å²) in [5.41, 5.74) is 1.82. The average molecular weight is 357 g/mol. The first kappa shape index (κ1) is 17.0. The lowest BCUT2D eigenvalue weighted by Gasteiger charge is -2.09. The molecule has 2 aromatic carbocycles. The van der Waals surface area contributed by atoms with Gasteiger partial charge in [0.05, 0.1) is 7.11 Å². The first-order valence-corrected chi connectivity index (χ1v) is 8.09. The lowest BCUT2D eigenvalue weighted by atomic mass is 10.2. The second kappa shape index (κ2) is 7.85. The van der Waals surface area contributed by atoms with Crippen molar-refractivity contribution in [2.75, 3.05) is 7.11 Å². The van der Waals surface area contributed by atoms with E-state index in [1.165, 1.54) is 0 Å². The average Bonchev–Trinajstić information content (AvgIpc) is 3.10. The summed E-state index contributed by atoms with van der Waals surface area (Å²) in [5, 5.41) is 4.57. The van der Waals surface area contributed by atoms with Crippen molar-refractivity contribution in [3.63, 3.8) is 0 Å². The van der Waals surface area contributed by atoms with E-state index in [2.05, 4.69) is 10.1 Å². The van der Waals surface area contributed by atoms with Crippen LogP contribution in [0.25, 0.3) is 17.5 Å². The summed E-state index contributed by atoms with van der Waals surface area (Å²) in [5.74, 6) is 2.09. The molecule has 0 amide bonds. The second-order valence-corrected chi connectivity index (χ2v) is 5.66. The van der Waals surface area contributed by atoms with E-state index >= 15 is 0 Å². The first-order valence-electron chi connectivity index (χ1n) is 7.71. The molecule has 0 atom stereocenters. The fourth-order valence-electron chi connectivity index (χ4n) is 2.30. The van der Waals surface area contributed by atoms with Crippen molar-refractivity contribution in [1.82, 2.24) is 10.1 Å².